The Balaban J connectivity index is 3.18. The van der Waals surface area contributed by atoms with Crippen LogP contribution >= 0.6 is 0 Å². The maximum absolute atomic E-state index is 4.33. The molecule has 0 aliphatic carbocycles. The average Bonchev–Trinajstić information content (AvgIpc) is 2.45. The predicted molar refractivity (Wildman–Crippen MR) is 56.6 cm³/mol. The van der Waals surface area contributed by atoms with Crippen LogP contribution < -0.4 is 10.7 Å². The van der Waals surface area contributed by atoms with E-state index in [0.717, 1.165) is 11.9 Å². The molecule has 1 aromatic rings. The quantitative estimate of drug-likeness (QED) is 0.664. The van der Waals surface area contributed by atoms with Crippen LogP contribution in [0.25, 0.3) is 12.2 Å². The molecule has 0 saturated heterocycles. The molecular weight excluding hydrogens is 160 g/mol. The first kappa shape index (κ1) is 10.0. The monoisotopic (exact) mass is 178 g/mol. The van der Waals surface area contributed by atoms with E-state index in [0.29, 0.717) is 5.92 Å². The van der Waals surface area contributed by atoms with E-state index in [-0.39, 0.29) is 0 Å². The minimum atomic E-state index is 0.664. The fourth-order valence-electron chi connectivity index (χ4n) is 1.48. The van der Waals surface area contributed by atoms with Crippen LogP contribution in [0.5, 0.6) is 0 Å². The van der Waals surface area contributed by atoms with Crippen molar-refractivity contribution in [1.29, 1.82) is 0 Å². The molecule has 0 saturated carbocycles. The lowest BCUT2D eigenvalue weighted by Crippen LogP contribution is -2.30. The van der Waals surface area contributed by atoms with Gasteiger partial charge in [0.2, 0.25) is 0 Å². The van der Waals surface area contributed by atoms with Crippen molar-refractivity contribution in [3.8, 4) is 0 Å². The molecule has 0 amide bonds. The Morgan fingerprint density at radius 3 is 2.54 bits per heavy atom. The van der Waals surface area contributed by atoms with Gasteiger partial charge < -0.3 is 4.57 Å². The van der Waals surface area contributed by atoms with E-state index in [9.17, 15) is 0 Å². The maximum atomic E-state index is 4.33. The highest BCUT2D eigenvalue weighted by Crippen LogP contribution is 1.93. The van der Waals surface area contributed by atoms with Gasteiger partial charge in [-0.15, -0.1) is 0 Å². The molecule has 0 aromatic carbocycles. The number of imidazole rings is 1. The number of hydrogen-bond acceptors (Lipinski definition) is 1. The van der Waals surface area contributed by atoms with Crippen molar-refractivity contribution in [3.05, 3.63) is 17.0 Å². The third-order valence-electron chi connectivity index (χ3n) is 2.02. The zero-order chi connectivity index (χ0) is 9.84. The smallest absolute Gasteiger partial charge is 0.0958 e. The molecule has 0 radical (unpaired) electrons. The minimum absolute atomic E-state index is 0.664. The summed E-state index contributed by atoms with van der Waals surface area (Å²) in [5, 5.41) is 2.32. The zero-order valence-corrected chi connectivity index (χ0v) is 8.91. The van der Waals surface area contributed by atoms with Gasteiger partial charge in [-0.2, -0.15) is 0 Å². The highest BCUT2D eigenvalue weighted by Gasteiger charge is 1.98. The summed E-state index contributed by atoms with van der Waals surface area (Å²) in [6.07, 6.45) is 6.08. The van der Waals surface area contributed by atoms with Crippen LogP contribution in [-0.2, 0) is 6.54 Å². The molecule has 0 aliphatic heterocycles. The molecule has 1 rings (SSSR count). The molecule has 13 heavy (non-hydrogen) atoms. The molecule has 1 aromatic heterocycles. The second-order valence-electron chi connectivity index (χ2n) is 3.64. The van der Waals surface area contributed by atoms with Gasteiger partial charge in [-0.1, -0.05) is 26.0 Å². The molecule has 0 N–H and O–H groups in total. The summed E-state index contributed by atoms with van der Waals surface area (Å²) in [4.78, 5) is 4.33. The van der Waals surface area contributed by atoms with Gasteiger partial charge in [-0.3, -0.25) is 0 Å². The largest absolute Gasteiger partial charge is 0.331 e. The highest BCUT2D eigenvalue weighted by molar-refractivity contribution is 5.22. The summed E-state index contributed by atoms with van der Waals surface area (Å²) < 4.78 is 2.21. The van der Waals surface area contributed by atoms with Crippen LogP contribution in [0.4, 0.5) is 0 Å². The normalized spacial score (nSPS) is 14.5. The van der Waals surface area contributed by atoms with Gasteiger partial charge in [0.05, 0.1) is 17.0 Å². The molecule has 2 nitrogen and oxygen atoms in total. The van der Waals surface area contributed by atoms with Crippen LogP contribution in [0.3, 0.4) is 0 Å². The molecule has 0 unspecified atom stereocenters. The number of rotatable bonds is 2. The molecule has 0 spiro atoms. The Morgan fingerprint density at radius 1 is 1.38 bits per heavy atom. The maximum Gasteiger partial charge on any atom is 0.0958 e. The number of hydrogen-bond donors (Lipinski definition) is 0. The topological polar surface area (TPSA) is 17.8 Å². The van der Waals surface area contributed by atoms with Crippen LogP contribution in [0.15, 0.2) is 6.33 Å². The van der Waals surface area contributed by atoms with E-state index in [1.807, 2.05) is 19.3 Å². The SMILES string of the molecule is C/C=c1/ncn(CC(C)C)/c1=C/C. The van der Waals surface area contributed by atoms with Gasteiger partial charge >= 0.3 is 0 Å². The molecule has 0 atom stereocenters. The summed E-state index contributed by atoms with van der Waals surface area (Å²) in [6.45, 7) is 9.56. The van der Waals surface area contributed by atoms with E-state index in [1.54, 1.807) is 0 Å². The molecule has 0 aliphatic rings. The van der Waals surface area contributed by atoms with Crippen molar-refractivity contribution in [2.24, 2.45) is 5.92 Å². The molecule has 0 fully saturated rings. The lowest BCUT2D eigenvalue weighted by Gasteiger charge is -2.05. The van der Waals surface area contributed by atoms with Gasteiger partial charge in [0.15, 0.2) is 0 Å². The van der Waals surface area contributed by atoms with Crippen LogP contribution in [0.1, 0.15) is 27.7 Å². The van der Waals surface area contributed by atoms with Gasteiger partial charge in [0, 0.05) is 6.54 Å². The molecule has 2 heteroatoms. The Bertz CT molecular complexity index is 371. The summed E-state index contributed by atoms with van der Waals surface area (Å²) in [6, 6.07) is 0. The molecule has 1 heterocycles. The lowest BCUT2D eigenvalue weighted by molar-refractivity contribution is 0.514. The Hall–Kier alpha value is -1.05. The number of aromatic nitrogens is 2. The second kappa shape index (κ2) is 4.26. The first-order valence-corrected chi connectivity index (χ1v) is 4.82. The van der Waals surface area contributed by atoms with Crippen molar-refractivity contribution < 1.29 is 0 Å². The van der Waals surface area contributed by atoms with Crippen LogP contribution in [-0.4, -0.2) is 9.55 Å². The summed E-state index contributed by atoms with van der Waals surface area (Å²) >= 11 is 0. The van der Waals surface area contributed by atoms with E-state index in [1.165, 1.54) is 5.35 Å². The Labute approximate surface area is 79.6 Å². The first-order chi connectivity index (χ1) is 6.19. The predicted octanol–water partition coefficient (Wildman–Crippen LogP) is 1.14. The summed E-state index contributed by atoms with van der Waals surface area (Å²) in [7, 11) is 0. The van der Waals surface area contributed by atoms with Crippen molar-refractivity contribution in [3.63, 3.8) is 0 Å². The zero-order valence-electron chi connectivity index (χ0n) is 8.91. The minimum Gasteiger partial charge on any atom is -0.331 e. The fourth-order valence-corrected chi connectivity index (χ4v) is 1.48. The van der Waals surface area contributed by atoms with E-state index < -0.39 is 0 Å². The van der Waals surface area contributed by atoms with Crippen LogP contribution in [0.2, 0.25) is 0 Å². The van der Waals surface area contributed by atoms with Crippen molar-refractivity contribution >= 4 is 12.2 Å². The number of nitrogens with zero attached hydrogens (tertiary/aromatic N) is 2. The second-order valence-corrected chi connectivity index (χ2v) is 3.64. The van der Waals surface area contributed by atoms with Gasteiger partial charge in [0.25, 0.3) is 0 Å². The standard InChI is InChI=1S/C11H18N2/c1-5-10-11(6-2)13(8-12-10)7-9(3)4/h5-6,8-9H,7H2,1-4H3/b10-5+,11-6+. The fraction of sp³-hybridized carbons (Fsp3) is 0.545. The third kappa shape index (κ3) is 2.20. The Morgan fingerprint density at radius 2 is 2.08 bits per heavy atom. The lowest BCUT2D eigenvalue weighted by atomic mass is 10.2. The third-order valence-corrected chi connectivity index (χ3v) is 2.02. The summed E-state index contributed by atoms with van der Waals surface area (Å²) in [5.74, 6) is 0.664. The van der Waals surface area contributed by atoms with E-state index in [2.05, 4.69) is 36.4 Å². The van der Waals surface area contributed by atoms with Crippen LogP contribution in [0, 0.1) is 5.92 Å². The average molecular weight is 178 g/mol. The molecule has 0 bridgehead atoms. The van der Waals surface area contributed by atoms with Gasteiger partial charge in [-0.05, 0) is 19.8 Å². The molecular formula is C11H18N2. The van der Waals surface area contributed by atoms with Gasteiger partial charge in [-0.25, -0.2) is 4.98 Å². The summed E-state index contributed by atoms with van der Waals surface area (Å²) in [5.41, 5.74) is 0. The van der Waals surface area contributed by atoms with Crippen molar-refractivity contribution in [2.75, 3.05) is 0 Å². The van der Waals surface area contributed by atoms with Gasteiger partial charge in [0.1, 0.15) is 0 Å². The first-order valence-electron chi connectivity index (χ1n) is 4.82. The van der Waals surface area contributed by atoms with E-state index in [4.69, 9.17) is 0 Å². The van der Waals surface area contributed by atoms with Crippen molar-refractivity contribution in [1.82, 2.24) is 9.55 Å². The Kier molecular flexibility index (Phi) is 3.29. The van der Waals surface area contributed by atoms with E-state index >= 15 is 0 Å². The highest BCUT2D eigenvalue weighted by atomic mass is 15.0. The van der Waals surface area contributed by atoms with Crippen molar-refractivity contribution in [2.45, 2.75) is 34.2 Å². The molecule has 72 valence electrons.